The van der Waals surface area contributed by atoms with Gasteiger partial charge >= 0.3 is 0 Å². The predicted octanol–water partition coefficient (Wildman–Crippen LogP) is 3.12. The van der Waals surface area contributed by atoms with Crippen molar-refractivity contribution < 1.29 is 4.39 Å². The molecule has 0 saturated heterocycles. The maximum absolute atomic E-state index is 12.9. The molecular formula is C10H8BrClFN3. The van der Waals surface area contributed by atoms with Gasteiger partial charge in [-0.05, 0) is 34.1 Å². The maximum atomic E-state index is 12.9. The van der Waals surface area contributed by atoms with E-state index in [0.717, 1.165) is 5.56 Å². The van der Waals surface area contributed by atoms with Crippen LogP contribution in [-0.4, -0.2) is 14.8 Å². The minimum Gasteiger partial charge on any atom is -0.313 e. The summed E-state index contributed by atoms with van der Waals surface area (Å²) in [4.78, 5) is 0. The number of alkyl halides is 1. The van der Waals surface area contributed by atoms with Crippen molar-refractivity contribution in [1.29, 1.82) is 0 Å². The van der Waals surface area contributed by atoms with Crippen LogP contribution in [0.25, 0.3) is 11.4 Å². The lowest BCUT2D eigenvalue weighted by molar-refractivity contribution is 0.627. The Hall–Kier alpha value is -0.940. The molecule has 84 valence electrons. The van der Waals surface area contributed by atoms with Gasteiger partial charge in [0.1, 0.15) is 11.6 Å². The molecule has 0 atom stereocenters. The summed E-state index contributed by atoms with van der Waals surface area (Å²) in [5, 5.41) is 7.96. The largest absolute Gasteiger partial charge is 0.313 e. The van der Waals surface area contributed by atoms with Crippen LogP contribution >= 0.6 is 27.5 Å². The zero-order chi connectivity index (χ0) is 11.7. The van der Waals surface area contributed by atoms with E-state index in [1.165, 1.54) is 12.1 Å². The van der Waals surface area contributed by atoms with Gasteiger partial charge in [-0.15, -0.1) is 21.8 Å². The van der Waals surface area contributed by atoms with E-state index >= 15 is 0 Å². The smallest absolute Gasteiger partial charge is 0.164 e. The Morgan fingerprint density at radius 2 is 2.19 bits per heavy atom. The lowest BCUT2D eigenvalue weighted by Gasteiger charge is -2.04. The average molecular weight is 305 g/mol. The standard InChI is InChI=1S/C10H8BrClFN3/c1-16-9(5-12)14-15-10(16)7-3-2-6(13)4-8(7)11/h2-4H,5H2,1H3. The third-order valence-corrected chi connectivity index (χ3v) is 3.15. The summed E-state index contributed by atoms with van der Waals surface area (Å²) in [6.07, 6.45) is 0. The fourth-order valence-electron chi connectivity index (χ4n) is 1.38. The Balaban J connectivity index is 2.54. The summed E-state index contributed by atoms with van der Waals surface area (Å²) in [6, 6.07) is 4.43. The first-order valence-corrected chi connectivity index (χ1v) is 5.86. The number of benzene rings is 1. The van der Waals surface area contributed by atoms with Crippen LogP contribution in [-0.2, 0) is 12.9 Å². The highest BCUT2D eigenvalue weighted by Crippen LogP contribution is 2.27. The van der Waals surface area contributed by atoms with Gasteiger partial charge in [-0.3, -0.25) is 0 Å². The molecule has 2 aromatic rings. The van der Waals surface area contributed by atoms with Crippen LogP contribution in [0.15, 0.2) is 22.7 Å². The zero-order valence-corrected chi connectivity index (χ0v) is 10.8. The molecule has 0 aliphatic carbocycles. The number of halogens is 3. The quantitative estimate of drug-likeness (QED) is 0.798. The second-order valence-electron chi connectivity index (χ2n) is 3.26. The Bertz CT molecular complexity index is 527. The summed E-state index contributed by atoms with van der Waals surface area (Å²) in [7, 11) is 1.82. The number of rotatable bonds is 2. The van der Waals surface area contributed by atoms with Gasteiger partial charge in [-0.2, -0.15) is 0 Å². The summed E-state index contributed by atoms with van der Waals surface area (Å²) >= 11 is 9.00. The van der Waals surface area contributed by atoms with E-state index in [-0.39, 0.29) is 5.82 Å². The summed E-state index contributed by atoms with van der Waals surface area (Å²) < 4.78 is 15.4. The zero-order valence-electron chi connectivity index (χ0n) is 8.41. The molecule has 0 N–H and O–H groups in total. The van der Waals surface area contributed by atoms with E-state index in [2.05, 4.69) is 26.1 Å². The van der Waals surface area contributed by atoms with Crippen LogP contribution in [0.4, 0.5) is 4.39 Å². The first kappa shape index (κ1) is 11.5. The average Bonchev–Trinajstić information content (AvgIpc) is 2.60. The molecule has 0 amide bonds. The molecule has 2 rings (SSSR count). The Labute approximate surface area is 105 Å². The molecule has 0 bridgehead atoms. The van der Waals surface area contributed by atoms with Crippen molar-refractivity contribution in [1.82, 2.24) is 14.8 Å². The van der Waals surface area contributed by atoms with Crippen molar-refractivity contribution in [3.63, 3.8) is 0 Å². The third-order valence-electron chi connectivity index (χ3n) is 2.26. The van der Waals surface area contributed by atoms with Crippen molar-refractivity contribution in [3.8, 4) is 11.4 Å². The molecule has 0 spiro atoms. The second kappa shape index (κ2) is 4.51. The van der Waals surface area contributed by atoms with Crippen molar-refractivity contribution in [2.75, 3.05) is 0 Å². The Morgan fingerprint density at radius 1 is 1.44 bits per heavy atom. The van der Waals surface area contributed by atoms with Gasteiger partial charge in [0.2, 0.25) is 0 Å². The molecule has 0 aliphatic heterocycles. The van der Waals surface area contributed by atoms with E-state index in [1.807, 2.05) is 7.05 Å². The molecule has 3 nitrogen and oxygen atoms in total. The number of aromatic nitrogens is 3. The maximum Gasteiger partial charge on any atom is 0.164 e. The molecule has 0 fully saturated rings. The van der Waals surface area contributed by atoms with Crippen molar-refractivity contribution in [3.05, 3.63) is 34.3 Å². The predicted molar refractivity (Wildman–Crippen MR) is 63.7 cm³/mol. The van der Waals surface area contributed by atoms with Gasteiger partial charge < -0.3 is 4.57 Å². The molecule has 1 aromatic heterocycles. The lowest BCUT2D eigenvalue weighted by Crippen LogP contribution is -1.97. The van der Waals surface area contributed by atoms with E-state index < -0.39 is 0 Å². The summed E-state index contributed by atoms with van der Waals surface area (Å²) in [5.41, 5.74) is 0.785. The van der Waals surface area contributed by atoms with E-state index in [9.17, 15) is 4.39 Å². The van der Waals surface area contributed by atoms with E-state index in [0.29, 0.717) is 22.0 Å². The number of hydrogen-bond donors (Lipinski definition) is 0. The van der Waals surface area contributed by atoms with E-state index in [1.54, 1.807) is 10.6 Å². The lowest BCUT2D eigenvalue weighted by atomic mass is 10.2. The number of hydrogen-bond acceptors (Lipinski definition) is 2. The fraction of sp³-hybridized carbons (Fsp3) is 0.200. The molecular weight excluding hydrogens is 296 g/mol. The first-order chi connectivity index (χ1) is 7.63. The second-order valence-corrected chi connectivity index (χ2v) is 4.38. The highest BCUT2D eigenvalue weighted by Gasteiger charge is 2.12. The fourth-order valence-corrected chi connectivity index (χ4v) is 2.14. The van der Waals surface area contributed by atoms with Crippen LogP contribution in [0, 0.1) is 5.82 Å². The molecule has 1 aromatic carbocycles. The van der Waals surface area contributed by atoms with Gasteiger partial charge in [0.25, 0.3) is 0 Å². The number of nitrogens with zero attached hydrogens (tertiary/aromatic N) is 3. The van der Waals surface area contributed by atoms with E-state index in [4.69, 9.17) is 11.6 Å². The van der Waals surface area contributed by atoms with Crippen LogP contribution in [0.2, 0.25) is 0 Å². The molecule has 0 aliphatic rings. The molecule has 16 heavy (non-hydrogen) atoms. The third kappa shape index (κ3) is 1.97. The molecule has 0 unspecified atom stereocenters. The van der Waals surface area contributed by atoms with Gasteiger partial charge in [0, 0.05) is 17.1 Å². The van der Waals surface area contributed by atoms with Crippen LogP contribution in [0.1, 0.15) is 5.82 Å². The topological polar surface area (TPSA) is 30.7 Å². The Morgan fingerprint density at radius 3 is 2.75 bits per heavy atom. The minimum absolute atomic E-state index is 0.294. The van der Waals surface area contributed by atoms with Gasteiger partial charge in [0.05, 0.1) is 5.88 Å². The Kier molecular flexibility index (Phi) is 3.25. The summed E-state index contributed by atoms with van der Waals surface area (Å²) in [5.74, 6) is 1.33. The van der Waals surface area contributed by atoms with Crippen LogP contribution < -0.4 is 0 Å². The molecule has 1 heterocycles. The minimum atomic E-state index is -0.296. The van der Waals surface area contributed by atoms with Crippen molar-refractivity contribution >= 4 is 27.5 Å². The SMILES string of the molecule is Cn1c(CCl)nnc1-c1ccc(F)cc1Br. The van der Waals surface area contributed by atoms with Crippen LogP contribution in [0.5, 0.6) is 0 Å². The monoisotopic (exact) mass is 303 g/mol. The van der Waals surface area contributed by atoms with Crippen molar-refractivity contribution in [2.45, 2.75) is 5.88 Å². The summed E-state index contributed by atoms with van der Waals surface area (Å²) in [6.45, 7) is 0. The van der Waals surface area contributed by atoms with Gasteiger partial charge in [-0.1, -0.05) is 0 Å². The molecule has 0 saturated carbocycles. The highest BCUT2D eigenvalue weighted by molar-refractivity contribution is 9.10. The first-order valence-electron chi connectivity index (χ1n) is 4.53. The van der Waals surface area contributed by atoms with Gasteiger partial charge in [-0.25, -0.2) is 4.39 Å². The molecule has 0 radical (unpaired) electrons. The normalized spacial score (nSPS) is 10.8. The van der Waals surface area contributed by atoms with Crippen molar-refractivity contribution in [2.24, 2.45) is 7.05 Å². The van der Waals surface area contributed by atoms with Crippen LogP contribution in [0.3, 0.4) is 0 Å². The highest BCUT2D eigenvalue weighted by atomic mass is 79.9. The molecule has 6 heteroatoms. The van der Waals surface area contributed by atoms with Gasteiger partial charge in [0.15, 0.2) is 5.82 Å².